The zero-order chi connectivity index (χ0) is 7.56. The number of nitrogens with two attached hydrogens (primary N) is 1. The molecule has 0 heterocycles. The lowest BCUT2D eigenvalue weighted by Gasteiger charge is -2.04. The van der Waals surface area contributed by atoms with Crippen molar-refractivity contribution in [1.29, 1.82) is 0 Å². The van der Waals surface area contributed by atoms with E-state index in [1.807, 2.05) is 6.92 Å². The Hall–Kier alpha value is -0.480. The fraction of sp³-hybridized carbons (Fsp3) is 0.778. The SMILES string of the molecule is CC#CCC(N)C1CC1C. The van der Waals surface area contributed by atoms with Gasteiger partial charge in [-0.1, -0.05) is 6.92 Å². The van der Waals surface area contributed by atoms with Gasteiger partial charge in [0.1, 0.15) is 0 Å². The summed E-state index contributed by atoms with van der Waals surface area (Å²) in [5.41, 5.74) is 5.85. The molecule has 56 valence electrons. The summed E-state index contributed by atoms with van der Waals surface area (Å²) in [5, 5.41) is 0. The predicted octanol–water partition coefficient (Wildman–Crippen LogP) is 1.38. The standard InChI is InChI=1S/C9H15N/c1-3-4-5-9(10)8-6-7(8)2/h7-9H,5-6,10H2,1-2H3. The maximum Gasteiger partial charge on any atom is 0.0243 e. The quantitative estimate of drug-likeness (QED) is 0.572. The van der Waals surface area contributed by atoms with Crippen molar-refractivity contribution in [3.63, 3.8) is 0 Å². The molecule has 0 radical (unpaired) electrons. The van der Waals surface area contributed by atoms with E-state index in [0.29, 0.717) is 6.04 Å². The summed E-state index contributed by atoms with van der Waals surface area (Å²) < 4.78 is 0. The second-order valence-electron chi connectivity index (χ2n) is 3.17. The largest absolute Gasteiger partial charge is 0.327 e. The second-order valence-corrected chi connectivity index (χ2v) is 3.17. The van der Waals surface area contributed by atoms with Crippen LogP contribution >= 0.6 is 0 Å². The van der Waals surface area contributed by atoms with Gasteiger partial charge in [0.25, 0.3) is 0 Å². The minimum atomic E-state index is 0.336. The van der Waals surface area contributed by atoms with E-state index in [0.717, 1.165) is 18.3 Å². The Bertz CT molecular complexity index is 163. The van der Waals surface area contributed by atoms with Gasteiger partial charge in [0, 0.05) is 12.5 Å². The van der Waals surface area contributed by atoms with Crippen LogP contribution in [0.15, 0.2) is 0 Å². The van der Waals surface area contributed by atoms with Gasteiger partial charge in [0.05, 0.1) is 0 Å². The van der Waals surface area contributed by atoms with Crippen LogP contribution in [0, 0.1) is 23.7 Å². The summed E-state index contributed by atoms with van der Waals surface area (Å²) in [6, 6.07) is 0.336. The minimum absolute atomic E-state index is 0.336. The van der Waals surface area contributed by atoms with Crippen LogP contribution in [0.25, 0.3) is 0 Å². The minimum Gasteiger partial charge on any atom is -0.327 e. The molecule has 0 aromatic carbocycles. The molecule has 3 atom stereocenters. The third-order valence-electron chi connectivity index (χ3n) is 2.24. The Labute approximate surface area is 63.0 Å². The van der Waals surface area contributed by atoms with Crippen LogP contribution in [-0.2, 0) is 0 Å². The van der Waals surface area contributed by atoms with Crippen LogP contribution in [0.2, 0.25) is 0 Å². The molecule has 1 aliphatic carbocycles. The highest BCUT2D eigenvalue weighted by Crippen LogP contribution is 2.40. The Morgan fingerprint density at radius 3 is 2.70 bits per heavy atom. The van der Waals surface area contributed by atoms with Gasteiger partial charge < -0.3 is 5.73 Å². The molecule has 1 aliphatic rings. The molecular formula is C9H15N. The van der Waals surface area contributed by atoms with Gasteiger partial charge in [-0.05, 0) is 25.2 Å². The molecular weight excluding hydrogens is 122 g/mol. The van der Waals surface area contributed by atoms with Crippen molar-refractivity contribution in [2.75, 3.05) is 0 Å². The molecule has 3 unspecified atom stereocenters. The first kappa shape index (κ1) is 7.63. The van der Waals surface area contributed by atoms with Crippen LogP contribution in [0.4, 0.5) is 0 Å². The van der Waals surface area contributed by atoms with Gasteiger partial charge in [-0.15, -0.1) is 11.8 Å². The number of hydrogen-bond acceptors (Lipinski definition) is 1. The molecule has 0 amide bonds. The smallest absolute Gasteiger partial charge is 0.0243 e. The first-order chi connectivity index (χ1) is 4.75. The van der Waals surface area contributed by atoms with E-state index in [-0.39, 0.29) is 0 Å². The van der Waals surface area contributed by atoms with E-state index in [1.54, 1.807) is 0 Å². The lowest BCUT2D eigenvalue weighted by atomic mass is 10.1. The van der Waals surface area contributed by atoms with Gasteiger partial charge in [-0.25, -0.2) is 0 Å². The van der Waals surface area contributed by atoms with Crippen LogP contribution < -0.4 is 5.73 Å². The van der Waals surface area contributed by atoms with Crippen molar-refractivity contribution in [3.05, 3.63) is 0 Å². The Morgan fingerprint density at radius 1 is 1.70 bits per heavy atom. The maximum absolute atomic E-state index is 5.85. The van der Waals surface area contributed by atoms with Crippen LogP contribution in [-0.4, -0.2) is 6.04 Å². The monoisotopic (exact) mass is 137 g/mol. The molecule has 0 aromatic rings. The molecule has 10 heavy (non-hydrogen) atoms. The fourth-order valence-corrected chi connectivity index (χ4v) is 1.32. The molecule has 2 N–H and O–H groups in total. The van der Waals surface area contributed by atoms with Crippen LogP contribution in [0.3, 0.4) is 0 Å². The van der Waals surface area contributed by atoms with E-state index in [9.17, 15) is 0 Å². The highest BCUT2D eigenvalue weighted by Gasteiger charge is 2.36. The van der Waals surface area contributed by atoms with E-state index in [2.05, 4.69) is 18.8 Å². The van der Waals surface area contributed by atoms with Crippen LogP contribution in [0.5, 0.6) is 0 Å². The topological polar surface area (TPSA) is 26.0 Å². The summed E-state index contributed by atoms with van der Waals surface area (Å²) in [6.45, 7) is 4.12. The Morgan fingerprint density at radius 2 is 2.30 bits per heavy atom. The third-order valence-corrected chi connectivity index (χ3v) is 2.24. The van der Waals surface area contributed by atoms with Gasteiger partial charge in [0.15, 0.2) is 0 Å². The van der Waals surface area contributed by atoms with E-state index in [1.165, 1.54) is 6.42 Å². The lowest BCUT2D eigenvalue weighted by Crippen LogP contribution is -2.22. The predicted molar refractivity (Wildman–Crippen MR) is 43.3 cm³/mol. The zero-order valence-electron chi connectivity index (χ0n) is 6.72. The summed E-state index contributed by atoms with van der Waals surface area (Å²) >= 11 is 0. The zero-order valence-corrected chi connectivity index (χ0v) is 6.72. The van der Waals surface area contributed by atoms with Crippen molar-refractivity contribution in [1.82, 2.24) is 0 Å². The van der Waals surface area contributed by atoms with E-state index < -0.39 is 0 Å². The Balaban J connectivity index is 2.20. The molecule has 1 saturated carbocycles. The van der Waals surface area contributed by atoms with E-state index >= 15 is 0 Å². The van der Waals surface area contributed by atoms with Crippen molar-refractivity contribution >= 4 is 0 Å². The first-order valence-electron chi connectivity index (χ1n) is 3.91. The molecule has 1 fully saturated rings. The normalized spacial score (nSPS) is 32.3. The second kappa shape index (κ2) is 3.07. The van der Waals surface area contributed by atoms with E-state index in [4.69, 9.17) is 5.73 Å². The van der Waals surface area contributed by atoms with Gasteiger partial charge >= 0.3 is 0 Å². The van der Waals surface area contributed by atoms with Crippen molar-refractivity contribution in [2.45, 2.75) is 32.7 Å². The van der Waals surface area contributed by atoms with Gasteiger partial charge in [-0.2, -0.15) is 0 Å². The molecule has 0 spiro atoms. The molecule has 1 nitrogen and oxygen atoms in total. The molecule has 0 aliphatic heterocycles. The van der Waals surface area contributed by atoms with Gasteiger partial charge in [0.2, 0.25) is 0 Å². The van der Waals surface area contributed by atoms with Crippen molar-refractivity contribution in [2.24, 2.45) is 17.6 Å². The Kier molecular flexibility index (Phi) is 2.34. The first-order valence-corrected chi connectivity index (χ1v) is 3.91. The average Bonchev–Trinajstić information content (AvgIpc) is 2.62. The molecule has 0 saturated heterocycles. The third kappa shape index (κ3) is 1.75. The average molecular weight is 137 g/mol. The highest BCUT2D eigenvalue weighted by molar-refractivity contribution is 5.02. The summed E-state index contributed by atoms with van der Waals surface area (Å²) in [4.78, 5) is 0. The van der Waals surface area contributed by atoms with Crippen LogP contribution in [0.1, 0.15) is 26.7 Å². The molecule has 0 aromatic heterocycles. The fourth-order valence-electron chi connectivity index (χ4n) is 1.32. The number of hydrogen-bond donors (Lipinski definition) is 1. The summed E-state index contributed by atoms with van der Waals surface area (Å²) in [6.07, 6.45) is 2.19. The van der Waals surface area contributed by atoms with Crippen molar-refractivity contribution < 1.29 is 0 Å². The summed E-state index contributed by atoms with van der Waals surface area (Å²) in [5.74, 6) is 7.50. The highest BCUT2D eigenvalue weighted by atomic mass is 14.7. The lowest BCUT2D eigenvalue weighted by molar-refractivity contribution is 0.575. The van der Waals surface area contributed by atoms with Gasteiger partial charge in [-0.3, -0.25) is 0 Å². The summed E-state index contributed by atoms with van der Waals surface area (Å²) in [7, 11) is 0. The molecule has 1 rings (SSSR count). The number of rotatable bonds is 2. The molecule has 0 bridgehead atoms. The maximum atomic E-state index is 5.85. The van der Waals surface area contributed by atoms with Crippen molar-refractivity contribution in [3.8, 4) is 11.8 Å². The molecule has 1 heteroatoms.